The number of aromatic nitrogens is 1. The monoisotopic (exact) mass is 244 g/mol. The van der Waals surface area contributed by atoms with Gasteiger partial charge < -0.3 is 5.32 Å². The molecule has 2 nitrogen and oxygen atoms in total. The van der Waals surface area contributed by atoms with E-state index in [0.717, 1.165) is 18.2 Å². The second-order valence-corrected chi connectivity index (χ2v) is 3.40. The quantitative estimate of drug-likeness (QED) is 0.818. The normalized spacial score (nSPS) is 11.2. The predicted octanol–water partition coefficient (Wildman–Crippen LogP) is 3.49. The number of fused-ring (bicyclic) bond motifs is 1. The lowest BCUT2D eigenvalue weighted by molar-refractivity contribution is 0.146. The highest BCUT2D eigenvalue weighted by Gasteiger charge is 2.17. The molecule has 1 aromatic carbocycles. The lowest BCUT2D eigenvalue weighted by Gasteiger charge is -2.10. The van der Waals surface area contributed by atoms with Crippen LogP contribution in [-0.4, -0.2) is 12.0 Å². The minimum absolute atomic E-state index is 0.0855. The number of anilines is 1. The zero-order chi connectivity index (χ0) is 12.6. The first kappa shape index (κ1) is 11.6. The molecule has 6 heteroatoms. The predicted molar refractivity (Wildman–Crippen MR) is 56.2 cm³/mol. The molecule has 0 saturated heterocycles. The van der Waals surface area contributed by atoms with E-state index in [0.29, 0.717) is 0 Å². The molecule has 0 aliphatic rings. The van der Waals surface area contributed by atoms with Crippen LogP contribution in [-0.2, 0) is 0 Å². The molecule has 0 saturated carbocycles. The van der Waals surface area contributed by atoms with Gasteiger partial charge in [0.2, 0.25) is 0 Å². The number of rotatable bonds is 2. The molecule has 0 atom stereocenters. The van der Waals surface area contributed by atoms with E-state index in [4.69, 9.17) is 0 Å². The molecule has 0 bridgehead atoms. The van der Waals surface area contributed by atoms with Crippen LogP contribution in [0.3, 0.4) is 0 Å². The minimum Gasteiger partial charge on any atom is -0.387 e. The van der Waals surface area contributed by atoms with Crippen molar-refractivity contribution in [3.63, 3.8) is 0 Å². The number of pyridine rings is 1. The Balaban J connectivity index is 2.87. The Morgan fingerprint density at radius 2 is 1.82 bits per heavy atom. The van der Waals surface area contributed by atoms with E-state index in [1.54, 1.807) is 0 Å². The molecule has 1 N–H and O–H groups in total. The number of benzene rings is 1. The fraction of sp³-hybridized carbons (Fsp3) is 0.182. The van der Waals surface area contributed by atoms with Crippen molar-refractivity contribution in [3.8, 4) is 0 Å². The Hall–Kier alpha value is -1.85. The van der Waals surface area contributed by atoms with Crippen LogP contribution >= 0.6 is 0 Å². The first-order valence-corrected chi connectivity index (χ1v) is 4.79. The average molecular weight is 244 g/mol. The summed E-state index contributed by atoms with van der Waals surface area (Å²) in [6, 6.07) is 2.80. The molecule has 0 unspecified atom stereocenters. The van der Waals surface area contributed by atoms with Crippen molar-refractivity contribution >= 4 is 16.6 Å². The molecule has 0 fully saturated rings. The van der Waals surface area contributed by atoms with Gasteiger partial charge in [0, 0.05) is 12.7 Å². The third-order valence-corrected chi connectivity index (χ3v) is 2.37. The Labute approximate surface area is 94.3 Å². The lowest BCUT2D eigenvalue weighted by atomic mass is 10.1. The van der Waals surface area contributed by atoms with Gasteiger partial charge in [0.15, 0.2) is 0 Å². The molecule has 2 rings (SSSR count). The van der Waals surface area contributed by atoms with E-state index in [1.165, 1.54) is 7.05 Å². The third kappa shape index (κ3) is 1.90. The maximum absolute atomic E-state index is 13.5. The molecule has 0 amide bonds. The highest BCUT2D eigenvalue weighted by Crippen LogP contribution is 2.30. The van der Waals surface area contributed by atoms with Gasteiger partial charge in [0.25, 0.3) is 6.43 Å². The standard InChI is InChI=1S/C11H8F4N2/c1-16-7-4-8(11(14)15)17-10-6(13)3-2-5(12)9(7)10/h2-4,11H,1H3,(H,16,17). The molecule has 17 heavy (non-hydrogen) atoms. The zero-order valence-electron chi connectivity index (χ0n) is 8.77. The molecule has 0 radical (unpaired) electrons. The van der Waals surface area contributed by atoms with Crippen molar-refractivity contribution in [3.05, 3.63) is 35.5 Å². The third-order valence-electron chi connectivity index (χ3n) is 2.37. The van der Waals surface area contributed by atoms with Gasteiger partial charge in [-0.05, 0) is 18.2 Å². The summed E-state index contributed by atoms with van der Waals surface area (Å²) in [4.78, 5) is 3.44. The Morgan fingerprint density at radius 3 is 2.41 bits per heavy atom. The van der Waals surface area contributed by atoms with Gasteiger partial charge in [0.05, 0.1) is 5.39 Å². The summed E-state index contributed by atoms with van der Waals surface area (Å²) in [5.74, 6) is -1.54. The molecular formula is C11H8F4N2. The van der Waals surface area contributed by atoms with Crippen LogP contribution in [0.2, 0.25) is 0 Å². The highest BCUT2D eigenvalue weighted by atomic mass is 19.3. The van der Waals surface area contributed by atoms with Crippen LogP contribution in [0.4, 0.5) is 23.2 Å². The second kappa shape index (κ2) is 4.20. The van der Waals surface area contributed by atoms with Crippen LogP contribution in [0, 0.1) is 11.6 Å². The van der Waals surface area contributed by atoms with E-state index in [2.05, 4.69) is 10.3 Å². The van der Waals surface area contributed by atoms with Gasteiger partial charge in [-0.15, -0.1) is 0 Å². The summed E-state index contributed by atoms with van der Waals surface area (Å²) in [6.45, 7) is 0. The second-order valence-electron chi connectivity index (χ2n) is 3.40. The molecule has 1 aromatic heterocycles. The first-order chi connectivity index (χ1) is 8.04. The maximum Gasteiger partial charge on any atom is 0.280 e. The SMILES string of the molecule is CNc1cc(C(F)F)nc2c(F)ccc(F)c12. The molecule has 0 aliphatic carbocycles. The van der Waals surface area contributed by atoms with Gasteiger partial charge in [-0.3, -0.25) is 0 Å². The van der Waals surface area contributed by atoms with Crippen LogP contribution in [0.5, 0.6) is 0 Å². The van der Waals surface area contributed by atoms with Crippen molar-refractivity contribution in [1.82, 2.24) is 4.98 Å². The summed E-state index contributed by atoms with van der Waals surface area (Å²) in [7, 11) is 1.44. The van der Waals surface area contributed by atoms with Gasteiger partial charge in [-0.2, -0.15) is 0 Å². The van der Waals surface area contributed by atoms with Crippen molar-refractivity contribution < 1.29 is 17.6 Å². The number of nitrogens with one attached hydrogen (secondary N) is 1. The van der Waals surface area contributed by atoms with E-state index in [-0.39, 0.29) is 11.1 Å². The van der Waals surface area contributed by atoms with Crippen molar-refractivity contribution in [2.24, 2.45) is 0 Å². The van der Waals surface area contributed by atoms with E-state index >= 15 is 0 Å². The zero-order valence-corrected chi connectivity index (χ0v) is 8.77. The number of alkyl halides is 2. The van der Waals surface area contributed by atoms with Crippen LogP contribution in [0.25, 0.3) is 10.9 Å². The summed E-state index contributed by atoms with van der Waals surface area (Å²) in [5, 5.41) is 2.43. The molecule has 1 heterocycles. The first-order valence-electron chi connectivity index (χ1n) is 4.79. The number of hydrogen-bond donors (Lipinski definition) is 1. The smallest absolute Gasteiger partial charge is 0.280 e. The van der Waals surface area contributed by atoms with E-state index in [1.807, 2.05) is 0 Å². The van der Waals surface area contributed by atoms with Crippen molar-refractivity contribution in [2.75, 3.05) is 12.4 Å². The van der Waals surface area contributed by atoms with Crippen molar-refractivity contribution in [1.29, 1.82) is 0 Å². The maximum atomic E-state index is 13.5. The molecular weight excluding hydrogens is 236 g/mol. The average Bonchev–Trinajstić information content (AvgIpc) is 2.32. The number of nitrogens with zero attached hydrogens (tertiary/aromatic N) is 1. The topological polar surface area (TPSA) is 24.9 Å². The highest BCUT2D eigenvalue weighted by molar-refractivity contribution is 5.92. The summed E-state index contributed by atoms with van der Waals surface area (Å²) < 4.78 is 52.0. The number of halogens is 4. The fourth-order valence-corrected chi connectivity index (χ4v) is 1.60. The Morgan fingerprint density at radius 1 is 1.18 bits per heavy atom. The molecule has 2 aromatic rings. The lowest BCUT2D eigenvalue weighted by Crippen LogP contribution is -2.00. The van der Waals surface area contributed by atoms with Gasteiger partial charge in [-0.1, -0.05) is 0 Å². The van der Waals surface area contributed by atoms with E-state index in [9.17, 15) is 17.6 Å². The van der Waals surface area contributed by atoms with Crippen LogP contribution in [0.15, 0.2) is 18.2 Å². The molecule has 0 aliphatic heterocycles. The van der Waals surface area contributed by atoms with Crippen LogP contribution in [0.1, 0.15) is 12.1 Å². The van der Waals surface area contributed by atoms with Crippen LogP contribution < -0.4 is 5.32 Å². The summed E-state index contributed by atoms with van der Waals surface area (Å²) in [5.41, 5.74) is -0.902. The largest absolute Gasteiger partial charge is 0.387 e. The molecule has 90 valence electrons. The number of hydrogen-bond acceptors (Lipinski definition) is 2. The Kier molecular flexibility index (Phi) is 2.87. The van der Waals surface area contributed by atoms with Gasteiger partial charge >= 0.3 is 0 Å². The van der Waals surface area contributed by atoms with Gasteiger partial charge in [-0.25, -0.2) is 22.5 Å². The minimum atomic E-state index is -2.84. The summed E-state index contributed by atoms with van der Waals surface area (Å²) >= 11 is 0. The van der Waals surface area contributed by atoms with E-state index < -0.39 is 29.3 Å². The molecule has 0 spiro atoms. The van der Waals surface area contributed by atoms with Crippen molar-refractivity contribution in [2.45, 2.75) is 6.43 Å². The van der Waals surface area contributed by atoms with Gasteiger partial charge in [0.1, 0.15) is 22.8 Å². The fourth-order valence-electron chi connectivity index (χ4n) is 1.60. The summed E-state index contributed by atoms with van der Waals surface area (Å²) in [6.07, 6.45) is -2.84. The Bertz CT molecular complexity index is 569.